The summed E-state index contributed by atoms with van der Waals surface area (Å²) in [6.45, 7) is 5.74. The first-order valence-corrected chi connectivity index (χ1v) is 3.42. The Labute approximate surface area is 66.5 Å². The molecule has 2 nitrogen and oxygen atoms in total. The average Bonchev–Trinajstić information content (AvgIpc) is 1.94. The largest absolute Gasteiger partial charge is 0.397 e. The second-order valence-electron chi connectivity index (χ2n) is 2.62. The van der Waals surface area contributed by atoms with Gasteiger partial charge in [-0.25, -0.2) is 0 Å². The van der Waals surface area contributed by atoms with Crippen LogP contribution in [0.1, 0.15) is 12.5 Å². The number of rotatable bonds is 1. The molecule has 0 aliphatic heterocycles. The fourth-order valence-electron chi connectivity index (χ4n) is 0.840. The van der Waals surface area contributed by atoms with Crippen LogP contribution in [0.5, 0.6) is 0 Å². The topological polar surface area (TPSA) is 52.0 Å². The van der Waals surface area contributed by atoms with Gasteiger partial charge in [-0.2, -0.15) is 0 Å². The van der Waals surface area contributed by atoms with Crippen LogP contribution in [0, 0.1) is 0 Å². The van der Waals surface area contributed by atoms with Gasteiger partial charge in [0.05, 0.1) is 11.4 Å². The van der Waals surface area contributed by atoms with E-state index in [2.05, 4.69) is 6.58 Å². The van der Waals surface area contributed by atoms with Gasteiger partial charge in [0.2, 0.25) is 0 Å². The fraction of sp³-hybridized carbons (Fsp3) is 0.111. The molecule has 0 aliphatic carbocycles. The van der Waals surface area contributed by atoms with E-state index in [1.165, 1.54) is 0 Å². The molecule has 1 aromatic carbocycles. The summed E-state index contributed by atoms with van der Waals surface area (Å²) in [4.78, 5) is 0. The highest BCUT2D eigenvalue weighted by Gasteiger charge is 1.96. The number of allylic oxidation sites excluding steroid dienone is 1. The number of benzene rings is 1. The lowest BCUT2D eigenvalue weighted by atomic mass is 10.1. The minimum Gasteiger partial charge on any atom is -0.397 e. The van der Waals surface area contributed by atoms with Crippen LogP contribution in [-0.2, 0) is 0 Å². The molecule has 0 spiro atoms. The normalized spacial score (nSPS) is 9.55. The molecule has 0 aliphatic rings. The fourth-order valence-corrected chi connectivity index (χ4v) is 0.840. The van der Waals surface area contributed by atoms with Crippen LogP contribution in [0.2, 0.25) is 0 Å². The lowest BCUT2D eigenvalue weighted by Gasteiger charge is -2.03. The average molecular weight is 148 g/mol. The summed E-state index contributed by atoms with van der Waals surface area (Å²) in [5.41, 5.74) is 14.4. The Morgan fingerprint density at radius 2 is 1.91 bits per heavy atom. The van der Waals surface area contributed by atoms with Crippen molar-refractivity contribution in [3.05, 3.63) is 30.3 Å². The molecule has 0 bridgehead atoms. The molecule has 0 saturated heterocycles. The van der Waals surface area contributed by atoms with Crippen molar-refractivity contribution in [2.45, 2.75) is 6.92 Å². The van der Waals surface area contributed by atoms with Crippen molar-refractivity contribution >= 4 is 16.9 Å². The van der Waals surface area contributed by atoms with Crippen LogP contribution < -0.4 is 11.5 Å². The Hall–Kier alpha value is -1.44. The lowest BCUT2D eigenvalue weighted by Crippen LogP contribution is -1.94. The van der Waals surface area contributed by atoms with E-state index < -0.39 is 0 Å². The zero-order valence-electron chi connectivity index (χ0n) is 6.59. The molecule has 0 amide bonds. The molecule has 0 saturated carbocycles. The number of nitrogens with two attached hydrogens (primary N) is 2. The first-order chi connectivity index (χ1) is 5.11. The second-order valence-corrected chi connectivity index (χ2v) is 2.62. The molecule has 11 heavy (non-hydrogen) atoms. The predicted molar refractivity (Wildman–Crippen MR) is 50.0 cm³/mol. The van der Waals surface area contributed by atoms with E-state index in [4.69, 9.17) is 11.5 Å². The third-order valence-corrected chi connectivity index (χ3v) is 1.58. The van der Waals surface area contributed by atoms with Crippen molar-refractivity contribution in [1.29, 1.82) is 0 Å². The van der Waals surface area contributed by atoms with Gasteiger partial charge >= 0.3 is 0 Å². The number of anilines is 2. The van der Waals surface area contributed by atoms with Gasteiger partial charge in [0, 0.05) is 0 Å². The summed E-state index contributed by atoms with van der Waals surface area (Å²) in [5.74, 6) is 0. The van der Waals surface area contributed by atoms with Crippen LogP contribution in [0.15, 0.2) is 24.8 Å². The Morgan fingerprint density at radius 3 is 2.36 bits per heavy atom. The highest BCUT2D eigenvalue weighted by Crippen LogP contribution is 2.20. The van der Waals surface area contributed by atoms with Crippen molar-refractivity contribution in [2.24, 2.45) is 0 Å². The van der Waals surface area contributed by atoms with E-state index in [9.17, 15) is 0 Å². The summed E-state index contributed by atoms with van der Waals surface area (Å²) in [6, 6.07) is 5.53. The van der Waals surface area contributed by atoms with Crippen LogP contribution in [0.25, 0.3) is 5.57 Å². The van der Waals surface area contributed by atoms with Gasteiger partial charge in [-0.1, -0.05) is 18.2 Å². The second kappa shape index (κ2) is 2.66. The summed E-state index contributed by atoms with van der Waals surface area (Å²) in [5, 5.41) is 0. The SMILES string of the molecule is C=C(C)c1ccc(N)c(N)c1. The van der Waals surface area contributed by atoms with Gasteiger partial charge in [-0.15, -0.1) is 0 Å². The van der Waals surface area contributed by atoms with Crippen LogP contribution >= 0.6 is 0 Å². The Kier molecular flexibility index (Phi) is 1.85. The van der Waals surface area contributed by atoms with Crippen molar-refractivity contribution in [3.8, 4) is 0 Å². The van der Waals surface area contributed by atoms with E-state index in [1.54, 1.807) is 6.07 Å². The first-order valence-electron chi connectivity index (χ1n) is 3.42. The van der Waals surface area contributed by atoms with Crippen molar-refractivity contribution in [3.63, 3.8) is 0 Å². The molecular formula is C9H12N2. The molecule has 2 heteroatoms. The third-order valence-electron chi connectivity index (χ3n) is 1.58. The van der Waals surface area contributed by atoms with Crippen molar-refractivity contribution in [1.82, 2.24) is 0 Å². The summed E-state index contributed by atoms with van der Waals surface area (Å²) in [7, 11) is 0. The minimum atomic E-state index is 0.616. The molecular weight excluding hydrogens is 136 g/mol. The Morgan fingerprint density at radius 1 is 1.27 bits per heavy atom. The van der Waals surface area contributed by atoms with E-state index in [1.807, 2.05) is 19.1 Å². The predicted octanol–water partition coefficient (Wildman–Crippen LogP) is 1.88. The van der Waals surface area contributed by atoms with Gasteiger partial charge in [-0.3, -0.25) is 0 Å². The van der Waals surface area contributed by atoms with Crippen molar-refractivity contribution < 1.29 is 0 Å². The Balaban J connectivity index is 3.15. The molecule has 0 atom stereocenters. The Bertz CT molecular complexity index is 290. The van der Waals surface area contributed by atoms with E-state index in [0.29, 0.717) is 11.4 Å². The van der Waals surface area contributed by atoms with E-state index >= 15 is 0 Å². The molecule has 1 rings (SSSR count). The molecule has 0 unspecified atom stereocenters. The molecule has 0 fully saturated rings. The molecule has 58 valence electrons. The summed E-state index contributed by atoms with van der Waals surface area (Å²) < 4.78 is 0. The summed E-state index contributed by atoms with van der Waals surface area (Å²) in [6.07, 6.45) is 0. The number of hydrogen-bond acceptors (Lipinski definition) is 2. The van der Waals surface area contributed by atoms with E-state index in [0.717, 1.165) is 11.1 Å². The maximum atomic E-state index is 5.59. The van der Waals surface area contributed by atoms with Gasteiger partial charge in [0.25, 0.3) is 0 Å². The zero-order chi connectivity index (χ0) is 8.43. The number of nitrogen functional groups attached to an aromatic ring is 2. The monoisotopic (exact) mass is 148 g/mol. The standard InChI is InChI=1S/C9H12N2/c1-6(2)7-3-4-8(10)9(11)5-7/h3-5H,1,10-11H2,2H3. The van der Waals surface area contributed by atoms with Crippen molar-refractivity contribution in [2.75, 3.05) is 11.5 Å². The number of hydrogen-bond donors (Lipinski definition) is 2. The third kappa shape index (κ3) is 1.52. The highest BCUT2D eigenvalue weighted by molar-refractivity contribution is 5.72. The van der Waals surface area contributed by atoms with Gasteiger partial charge in [-0.05, 0) is 24.6 Å². The maximum Gasteiger partial charge on any atom is 0.0553 e. The smallest absolute Gasteiger partial charge is 0.0553 e. The maximum absolute atomic E-state index is 5.59. The summed E-state index contributed by atoms with van der Waals surface area (Å²) >= 11 is 0. The van der Waals surface area contributed by atoms with Crippen LogP contribution in [0.3, 0.4) is 0 Å². The zero-order valence-corrected chi connectivity index (χ0v) is 6.59. The first kappa shape index (κ1) is 7.66. The molecule has 0 aromatic heterocycles. The van der Waals surface area contributed by atoms with Gasteiger partial charge in [0.1, 0.15) is 0 Å². The molecule has 0 heterocycles. The van der Waals surface area contributed by atoms with Crippen LogP contribution in [-0.4, -0.2) is 0 Å². The quantitative estimate of drug-likeness (QED) is 0.597. The molecule has 0 radical (unpaired) electrons. The van der Waals surface area contributed by atoms with Gasteiger partial charge < -0.3 is 11.5 Å². The molecule has 1 aromatic rings. The van der Waals surface area contributed by atoms with E-state index in [-0.39, 0.29) is 0 Å². The highest BCUT2D eigenvalue weighted by atomic mass is 14.7. The molecule has 4 N–H and O–H groups in total. The van der Waals surface area contributed by atoms with Gasteiger partial charge in [0.15, 0.2) is 0 Å². The minimum absolute atomic E-state index is 0.616. The van der Waals surface area contributed by atoms with Crippen LogP contribution in [0.4, 0.5) is 11.4 Å². The lowest BCUT2D eigenvalue weighted by molar-refractivity contribution is 1.57.